The van der Waals surface area contributed by atoms with Gasteiger partial charge >= 0.3 is 5.97 Å². The van der Waals surface area contributed by atoms with E-state index >= 15 is 0 Å². The molecule has 1 saturated heterocycles. The Morgan fingerprint density at radius 1 is 1.00 bits per heavy atom. The van der Waals surface area contributed by atoms with Crippen LogP contribution in [0.4, 0.5) is 0 Å². The molecule has 0 aromatic rings. The molecule has 0 aromatic heterocycles. The van der Waals surface area contributed by atoms with E-state index in [1.165, 1.54) is 25.7 Å². The van der Waals surface area contributed by atoms with E-state index in [2.05, 4.69) is 4.90 Å². The van der Waals surface area contributed by atoms with Crippen molar-refractivity contribution in [2.24, 2.45) is 11.8 Å². The molecule has 5 nitrogen and oxygen atoms in total. The zero-order valence-corrected chi connectivity index (χ0v) is 12.5. The first-order valence-corrected chi connectivity index (χ1v) is 7.76. The van der Waals surface area contributed by atoms with E-state index in [9.17, 15) is 9.59 Å². The van der Waals surface area contributed by atoms with E-state index in [0.717, 1.165) is 26.2 Å². The summed E-state index contributed by atoms with van der Waals surface area (Å²) < 4.78 is 0. The minimum Gasteiger partial charge on any atom is -0.481 e. The van der Waals surface area contributed by atoms with Crippen LogP contribution in [0.2, 0.25) is 0 Å². The number of carboxylic acid groups (broad SMARTS) is 1. The summed E-state index contributed by atoms with van der Waals surface area (Å²) in [5.41, 5.74) is 0. The van der Waals surface area contributed by atoms with Crippen LogP contribution in [0.5, 0.6) is 0 Å². The molecule has 1 aliphatic carbocycles. The van der Waals surface area contributed by atoms with Gasteiger partial charge in [-0.15, -0.1) is 0 Å². The van der Waals surface area contributed by atoms with Gasteiger partial charge in [-0.25, -0.2) is 0 Å². The second-order valence-electron chi connectivity index (χ2n) is 6.22. The van der Waals surface area contributed by atoms with Gasteiger partial charge in [0.05, 0.1) is 5.92 Å². The number of carboxylic acids is 1. The van der Waals surface area contributed by atoms with Gasteiger partial charge < -0.3 is 10.0 Å². The van der Waals surface area contributed by atoms with Crippen molar-refractivity contribution in [3.8, 4) is 0 Å². The van der Waals surface area contributed by atoms with Crippen LogP contribution >= 0.6 is 0 Å². The average molecular weight is 282 g/mol. The number of carbonyl (C=O) groups excluding carboxylic acids is 1. The Morgan fingerprint density at radius 2 is 1.55 bits per heavy atom. The SMILES string of the molecule is CC(C(=O)O)C(C)C(=O)N1CCN(C2CCCC2)CC1. The minimum atomic E-state index is -0.893. The number of piperazine rings is 1. The van der Waals surface area contributed by atoms with Gasteiger partial charge in [0.2, 0.25) is 5.91 Å². The molecule has 1 N–H and O–H groups in total. The minimum absolute atomic E-state index is 0.00836. The zero-order chi connectivity index (χ0) is 14.7. The lowest BCUT2D eigenvalue weighted by molar-refractivity contribution is -0.149. The lowest BCUT2D eigenvalue weighted by Crippen LogP contribution is -2.53. The first kappa shape index (κ1) is 15.3. The number of aliphatic carboxylic acids is 1. The number of nitrogens with zero attached hydrogens (tertiary/aromatic N) is 2. The fraction of sp³-hybridized carbons (Fsp3) is 0.867. The molecule has 1 amide bonds. The summed E-state index contributed by atoms with van der Waals surface area (Å²) in [4.78, 5) is 27.6. The van der Waals surface area contributed by atoms with Crippen LogP contribution in [0, 0.1) is 11.8 Å². The Labute approximate surface area is 120 Å². The predicted molar refractivity (Wildman–Crippen MR) is 76.4 cm³/mol. The number of hydrogen-bond donors (Lipinski definition) is 1. The van der Waals surface area contributed by atoms with Gasteiger partial charge in [0.1, 0.15) is 0 Å². The maximum atomic E-state index is 12.3. The fourth-order valence-electron chi connectivity index (χ4n) is 3.29. The van der Waals surface area contributed by atoms with Gasteiger partial charge in [0, 0.05) is 38.1 Å². The summed E-state index contributed by atoms with van der Waals surface area (Å²) in [7, 11) is 0. The molecule has 2 fully saturated rings. The highest BCUT2D eigenvalue weighted by molar-refractivity contribution is 5.84. The van der Waals surface area contributed by atoms with Crippen molar-refractivity contribution in [1.82, 2.24) is 9.80 Å². The van der Waals surface area contributed by atoms with Crippen molar-refractivity contribution < 1.29 is 14.7 Å². The average Bonchev–Trinajstić information content (AvgIpc) is 2.99. The summed E-state index contributed by atoms with van der Waals surface area (Å²) in [6, 6.07) is 0.711. The van der Waals surface area contributed by atoms with Crippen molar-refractivity contribution in [2.45, 2.75) is 45.6 Å². The zero-order valence-electron chi connectivity index (χ0n) is 12.5. The topological polar surface area (TPSA) is 60.9 Å². The number of hydrogen-bond acceptors (Lipinski definition) is 3. The molecule has 2 unspecified atom stereocenters. The molecule has 1 heterocycles. The summed E-state index contributed by atoms with van der Waals surface area (Å²) in [5.74, 6) is -1.96. The maximum absolute atomic E-state index is 12.3. The molecule has 1 aliphatic heterocycles. The fourth-order valence-corrected chi connectivity index (χ4v) is 3.29. The van der Waals surface area contributed by atoms with Gasteiger partial charge in [-0.1, -0.05) is 26.7 Å². The lowest BCUT2D eigenvalue weighted by Gasteiger charge is -2.39. The largest absolute Gasteiger partial charge is 0.481 e. The molecule has 0 bridgehead atoms. The highest BCUT2D eigenvalue weighted by Gasteiger charge is 2.32. The molecule has 114 valence electrons. The Balaban J connectivity index is 1.83. The molecule has 0 spiro atoms. The normalized spacial score (nSPS) is 24.6. The van der Waals surface area contributed by atoms with Crippen LogP contribution in [-0.2, 0) is 9.59 Å². The Bertz CT molecular complexity index is 358. The number of rotatable bonds is 4. The van der Waals surface area contributed by atoms with Crippen LogP contribution in [-0.4, -0.2) is 59.0 Å². The van der Waals surface area contributed by atoms with Crippen molar-refractivity contribution in [2.75, 3.05) is 26.2 Å². The highest BCUT2D eigenvalue weighted by Crippen LogP contribution is 2.25. The van der Waals surface area contributed by atoms with Gasteiger partial charge in [0.25, 0.3) is 0 Å². The number of carbonyl (C=O) groups is 2. The summed E-state index contributed by atoms with van der Waals surface area (Å²) in [5, 5.41) is 9.01. The monoisotopic (exact) mass is 282 g/mol. The van der Waals surface area contributed by atoms with Crippen LogP contribution in [0.1, 0.15) is 39.5 Å². The molecule has 0 radical (unpaired) electrons. The van der Waals surface area contributed by atoms with Crippen LogP contribution in [0.25, 0.3) is 0 Å². The first-order chi connectivity index (χ1) is 9.50. The van der Waals surface area contributed by atoms with Crippen molar-refractivity contribution in [3.63, 3.8) is 0 Å². The van der Waals surface area contributed by atoms with Crippen LogP contribution in [0.3, 0.4) is 0 Å². The molecule has 2 aliphatic rings. The second kappa shape index (κ2) is 6.57. The second-order valence-corrected chi connectivity index (χ2v) is 6.22. The molecule has 2 rings (SSSR count). The smallest absolute Gasteiger partial charge is 0.307 e. The van der Waals surface area contributed by atoms with Gasteiger partial charge in [0.15, 0.2) is 0 Å². The van der Waals surface area contributed by atoms with Gasteiger partial charge in [-0.2, -0.15) is 0 Å². The third-order valence-electron chi connectivity index (χ3n) is 5.00. The van der Waals surface area contributed by atoms with E-state index in [1.807, 2.05) is 4.90 Å². The number of amides is 1. The van der Waals surface area contributed by atoms with E-state index in [-0.39, 0.29) is 5.91 Å². The van der Waals surface area contributed by atoms with E-state index in [1.54, 1.807) is 13.8 Å². The Kier molecular flexibility index (Phi) is 5.02. The summed E-state index contributed by atoms with van der Waals surface area (Å²) in [6.07, 6.45) is 5.24. The first-order valence-electron chi connectivity index (χ1n) is 7.76. The summed E-state index contributed by atoms with van der Waals surface area (Å²) >= 11 is 0. The van der Waals surface area contributed by atoms with E-state index < -0.39 is 17.8 Å². The molecular formula is C15H26N2O3. The van der Waals surface area contributed by atoms with Gasteiger partial charge in [-0.3, -0.25) is 14.5 Å². The molecule has 1 saturated carbocycles. The maximum Gasteiger partial charge on any atom is 0.307 e. The highest BCUT2D eigenvalue weighted by atomic mass is 16.4. The Morgan fingerprint density at radius 3 is 2.05 bits per heavy atom. The van der Waals surface area contributed by atoms with Crippen molar-refractivity contribution >= 4 is 11.9 Å². The third-order valence-corrected chi connectivity index (χ3v) is 5.00. The molecule has 5 heteroatoms. The lowest BCUT2D eigenvalue weighted by atomic mass is 9.94. The van der Waals surface area contributed by atoms with Crippen molar-refractivity contribution in [3.05, 3.63) is 0 Å². The molecule has 2 atom stereocenters. The molecular weight excluding hydrogens is 256 g/mol. The quantitative estimate of drug-likeness (QED) is 0.847. The predicted octanol–water partition coefficient (Wildman–Crippen LogP) is 1.43. The molecule has 20 heavy (non-hydrogen) atoms. The van der Waals surface area contributed by atoms with Crippen LogP contribution in [0.15, 0.2) is 0 Å². The summed E-state index contributed by atoms with van der Waals surface area (Å²) in [6.45, 7) is 6.69. The standard InChI is InChI=1S/C15H26N2O3/c1-11(12(2)15(19)20)14(18)17-9-7-16(8-10-17)13-5-3-4-6-13/h11-13H,3-10H2,1-2H3,(H,19,20). The third kappa shape index (κ3) is 3.32. The van der Waals surface area contributed by atoms with Gasteiger partial charge in [-0.05, 0) is 12.8 Å². The van der Waals surface area contributed by atoms with E-state index in [4.69, 9.17) is 5.11 Å². The van der Waals surface area contributed by atoms with Crippen molar-refractivity contribution in [1.29, 1.82) is 0 Å². The molecule has 0 aromatic carbocycles. The Hall–Kier alpha value is -1.10. The van der Waals surface area contributed by atoms with Crippen LogP contribution < -0.4 is 0 Å². The van der Waals surface area contributed by atoms with E-state index in [0.29, 0.717) is 6.04 Å².